The van der Waals surface area contributed by atoms with Crippen molar-refractivity contribution in [3.05, 3.63) is 17.7 Å². The highest BCUT2D eigenvalue weighted by Gasteiger charge is 2.27. The third-order valence-corrected chi connectivity index (χ3v) is 6.14. The van der Waals surface area contributed by atoms with E-state index in [0.29, 0.717) is 54.8 Å². The lowest BCUT2D eigenvalue weighted by Gasteiger charge is -2.32. The van der Waals surface area contributed by atoms with E-state index in [1.54, 1.807) is 12.1 Å². The molecule has 0 aromatic heterocycles. The summed E-state index contributed by atoms with van der Waals surface area (Å²) in [6.07, 6.45) is 2.13. The van der Waals surface area contributed by atoms with Crippen molar-refractivity contribution in [1.82, 2.24) is 15.1 Å². The molecule has 2 saturated heterocycles. The lowest BCUT2D eigenvalue weighted by Crippen LogP contribution is -2.42. The second kappa shape index (κ2) is 11.9. The van der Waals surface area contributed by atoms with Gasteiger partial charge >= 0.3 is 0 Å². The first kappa shape index (κ1) is 24.1. The molecule has 2 amide bonds. The Bertz CT molecular complexity index is 748. The Balaban J connectivity index is 1.45. The molecule has 2 aliphatic heterocycles. The molecule has 32 heavy (non-hydrogen) atoms. The Kier molecular flexibility index (Phi) is 8.99. The molecule has 1 aromatic rings. The number of hydrogen-bond acceptors (Lipinski definition) is 7. The van der Waals surface area contributed by atoms with E-state index in [4.69, 9.17) is 18.9 Å². The van der Waals surface area contributed by atoms with Crippen molar-refractivity contribution >= 4 is 11.8 Å². The summed E-state index contributed by atoms with van der Waals surface area (Å²) in [7, 11) is 4.59. The quantitative estimate of drug-likeness (QED) is 0.610. The first-order valence-electron chi connectivity index (χ1n) is 11.2. The summed E-state index contributed by atoms with van der Waals surface area (Å²) in [6, 6.07) is 3.36. The molecule has 0 aliphatic carbocycles. The molecule has 0 saturated carbocycles. The van der Waals surface area contributed by atoms with Crippen LogP contribution in [0.5, 0.6) is 17.2 Å². The Morgan fingerprint density at radius 3 is 2.19 bits per heavy atom. The maximum atomic E-state index is 13.0. The highest BCUT2D eigenvalue weighted by atomic mass is 16.5. The largest absolute Gasteiger partial charge is 0.493 e. The molecular formula is C23H35N3O6. The first-order chi connectivity index (χ1) is 15.5. The van der Waals surface area contributed by atoms with Crippen LogP contribution in [0, 0.1) is 5.92 Å². The average molecular weight is 450 g/mol. The highest BCUT2D eigenvalue weighted by Crippen LogP contribution is 2.38. The van der Waals surface area contributed by atoms with Crippen molar-refractivity contribution in [2.24, 2.45) is 5.92 Å². The normalized spacial score (nSPS) is 17.7. The summed E-state index contributed by atoms with van der Waals surface area (Å²) in [5.74, 6) is 1.69. The number of rotatable bonds is 9. The number of methoxy groups -OCH3 is 3. The topological polar surface area (TPSA) is 89.6 Å². The maximum absolute atomic E-state index is 13.0. The number of likely N-dealkylation sites (tertiary alicyclic amines) is 1. The number of piperidine rings is 1. The van der Waals surface area contributed by atoms with Crippen LogP contribution < -0.4 is 19.5 Å². The van der Waals surface area contributed by atoms with Gasteiger partial charge in [-0.2, -0.15) is 0 Å². The van der Waals surface area contributed by atoms with Crippen LogP contribution in [-0.2, 0) is 9.53 Å². The van der Waals surface area contributed by atoms with Crippen LogP contribution >= 0.6 is 0 Å². The maximum Gasteiger partial charge on any atom is 0.254 e. The molecule has 1 aromatic carbocycles. The molecular weight excluding hydrogens is 414 g/mol. The fourth-order valence-electron chi connectivity index (χ4n) is 4.24. The zero-order valence-electron chi connectivity index (χ0n) is 19.4. The number of hydrogen-bond donors (Lipinski definition) is 1. The standard InChI is InChI=1S/C23H35N3O6/c1-29-19-15-18(16-20(30-2)22(19)31-3)23(28)26-7-4-17(5-8-26)14-21(27)24-6-9-25-10-12-32-13-11-25/h15-17H,4-14H2,1-3H3,(H,24,27). The number of nitrogens with one attached hydrogen (secondary N) is 1. The Hall–Kier alpha value is -2.52. The van der Waals surface area contributed by atoms with Crippen LogP contribution in [0.1, 0.15) is 29.6 Å². The van der Waals surface area contributed by atoms with Gasteiger partial charge in [-0.1, -0.05) is 0 Å². The average Bonchev–Trinajstić information content (AvgIpc) is 2.83. The van der Waals surface area contributed by atoms with E-state index < -0.39 is 0 Å². The molecule has 0 bridgehead atoms. The molecule has 0 unspecified atom stereocenters. The zero-order valence-corrected chi connectivity index (χ0v) is 19.4. The second-order valence-corrected chi connectivity index (χ2v) is 8.16. The predicted octanol–water partition coefficient (Wildman–Crippen LogP) is 1.40. The van der Waals surface area contributed by atoms with Gasteiger partial charge in [-0.15, -0.1) is 0 Å². The summed E-state index contributed by atoms with van der Waals surface area (Å²) in [6.45, 7) is 6.15. The molecule has 0 radical (unpaired) electrons. The molecule has 178 valence electrons. The first-order valence-corrected chi connectivity index (χ1v) is 11.2. The molecule has 3 rings (SSSR count). The number of nitrogens with zero attached hydrogens (tertiary/aromatic N) is 2. The van der Waals surface area contributed by atoms with Gasteiger partial charge in [-0.05, 0) is 30.9 Å². The fourth-order valence-corrected chi connectivity index (χ4v) is 4.24. The van der Waals surface area contributed by atoms with E-state index in [-0.39, 0.29) is 11.8 Å². The minimum absolute atomic E-state index is 0.0716. The van der Waals surface area contributed by atoms with Crippen molar-refractivity contribution in [3.63, 3.8) is 0 Å². The van der Waals surface area contributed by atoms with Crippen molar-refractivity contribution in [2.45, 2.75) is 19.3 Å². The van der Waals surface area contributed by atoms with Gasteiger partial charge in [-0.25, -0.2) is 0 Å². The molecule has 0 spiro atoms. The Morgan fingerprint density at radius 1 is 1.00 bits per heavy atom. The van der Waals surface area contributed by atoms with Crippen LogP contribution in [0.2, 0.25) is 0 Å². The van der Waals surface area contributed by atoms with Crippen molar-refractivity contribution in [2.75, 3.05) is 73.8 Å². The van der Waals surface area contributed by atoms with Crippen molar-refractivity contribution in [1.29, 1.82) is 0 Å². The van der Waals surface area contributed by atoms with E-state index >= 15 is 0 Å². The summed E-state index contributed by atoms with van der Waals surface area (Å²) in [5.41, 5.74) is 0.499. The van der Waals surface area contributed by atoms with Gasteiger partial charge in [0.2, 0.25) is 11.7 Å². The highest BCUT2D eigenvalue weighted by molar-refractivity contribution is 5.95. The number of morpholine rings is 1. The van der Waals surface area contributed by atoms with Gasteiger partial charge in [0.05, 0.1) is 34.5 Å². The van der Waals surface area contributed by atoms with E-state index in [0.717, 1.165) is 45.7 Å². The minimum atomic E-state index is -0.0716. The Morgan fingerprint density at radius 2 is 1.62 bits per heavy atom. The summed E-state index contributed by atoms with van der Waals surface area (Å²) >= 11 is 0. The molecule has 1 N–H and O–H groups in total. The van der Waals surface area contributed by atoms with Crippen LogP contribution in [0.25, 0.3) is 0 Å². The monoisotopic (exact) mass is 449 g/mol. The van der Waals surface area contributed by atoms with Crippen molar-refractivity contribution < 1.29 is 28.5 Å². The van der Waals surface area contributed by atoms with Crippen LogP contribution in [0.4, 0.5) is 0 Å². The van der Waals surface area contributed by atoms with E-state index in [1.165, 1.54) is 21.3 Å². The third kappa shape index (κ3) is 6.26. The zero-order chi connectivity index (χ0) is 22.9. The number of ether oxygens (including phenoxy) is 4. The molecule has 9 nitrogen and oxygen atoms in total. The summed E-state index contributed by atoms with van der Waals surface area (Å²) < 4.78 is 21.4. The van der Waals surface area contributed by atoms with Gasteiger partial charge in [-0.3, -0.25) is 14.5 Å². The Labute approximate surface area is 189 Å². The van der Waals surface area contributed by atoms with E-state index in [1.807, 2.05) is 4.90 Å². The van der Waals surface area contributed by atoms with Gasteiger partial charge in [0, 0.05) is 51.3 Å². The number of benzene rings is 1. The molecule has 9 heteroatoms. The molecule has 2 aliphatic rings. The van der Waals surface area contributed by atoms with Crippen molar-refractivity contribution in [3.8, 4) is 17.2 Å². The van der Waals surface area contributed by atoms with Gasteiger partial charge in [0.25, 0.3) is 5.91 Å². The molecule has 0 atom stereocenters. The second-order valence-electron chi connectivity index (χ2n) is 8.16. The summed E-state index contributed by atoms with van der Waals surface area (Å²) in [5, 5.41) is 3.03. The third-order valence-electron chi connectivity index (χ3n) is 6.14. The van der Waals surface area contributed by atoms with Crippen LogP contribution in [-0.4, -0.2) is 95.4 Å². The van der Waals surface area contributed by atoms with E-state index in [2.05, 4.69) is 10.2 Å². The number of amides is 2. The SMILES string of the molecule is COc1cc(C(=O)N2CCC(CC(=O)NCCN3CCOCC3)CC2)cc(OC)c1OC. The summed E-state index contributed by atoms with van der Waals surface area (Å²) in [4.78, 5) is 29.5. The smallest absolute Gasteiger partial charge is 0.254 e. The van der Waals surface area contributed by atoms with Gasteiger partial charge in [0.1, 0.15) is 0 Å². The lowest BCUT2D eigenvalue weighted by molar-refractivity contribution is -0.122. The molecule has 2 heterocycles. The van der Waals surface area contributed by atoms with Crippen LogP contribution in [0.3, 0.4) is 0 Å². The van der Waals surface area contributed by atoms with Crippen LogP contribution in [0.15, 0.2) is 12.1 Å². The number of carbonyl (C=O) groups excluding carboxylic acids is 2. The molecule has 2 fully saturated rings. The van der Waals surface area contributed by atoms with Gasteiger partial charge in [0.15, 0.2) is 11.5 Å². The predicted molar refractivity (Wildman–Crippen MR) is 120 cm³/mol. The fraction of sp³-hybridized carbons (Fsp3) is 0.652. The number of carbonyl (C=O) groups is 2. The van der Waals surface area contributed by atoms with E-state index in [9.17, 15) is 9.59 Å². The van der Waals surface area contributed by atoms with Gasteiger partial charge < -0.3 is 29.2 Å². The minimum Gasteiger partial charge on any atom is -0.493 e. The lowest BCUT2D eigenvalue weighted by atomic mass is 9.93.